The average molecular weight is 291 g/mol. The number of benzene rings is 1. The van der Waals surface area contributed by atoms with Crippen LogP contribution in [-0.4, -0.2) is 16.7 Å². The molecule has 1 aromatic heterocycles. The number of hydrogen-bond acceptors (Lipinski definition) is 5. The summed E-state index contributed by atoms with van der Waals surface area (Å²) in [6.07, 6.45) is 1.33. The average Bonchev–Trinajstić information content (AvgIpc) is 2.47. The molecular formula is C13H11ClN4O2. The summed E-state index contributed by atoms with van der Waals surface area (Å²) in [5.74, 6) is 0.452. The highest BCUT2D eigenvalue weighted by Crippen LogP contribution is 2.19. The zero-order chi connectivity index (χ0) is 14.7. The van der Waals surface area contributed by atoms with E-state index >= 15 is 0 Å². The van der Waals surface area contributed by atoms with Gasteiger partial charge in [0, 0.05) is 0 Å². The molecule has 0 unspecified atom stereocenters. The number of methoxy groups -OCH3 is 1. The predicted molar refractivity (Wildman–Crippen MR) is 74.7 cm³/mol. The maximum absolute atomic E-state index is 11.9. The van der Waals surface area contributed by atoms with Crippen LogP contribution in [0.5, 0.6) is 5.75 Å². The molecule has 102 valence electrons. The molecule has 0 aliphatic carbocycles. The van der Waals surface area contributed by atoms with Crippen LogP contribution in [0.1, 0.15) is 11.1 Å². The van der Waals surface area contributed by atoms with Gasteiger partial charge in [-0.05, 0) is 17.7 Å². The van der Waals surface area contributed by atoms with Gasteiger partial charge in [-0.25, -0.2) is 4.98 Å². The number of aromatic nitrogens is 2. The number of nitrogen functional groups attached to an aromatic ring is 1. The Labute approximate surface area is 120 Å². The van der Waals surface area contributed by atoms with Crippen LogP contribution in [0.2, 0.25) is 5.15 Å². The quantitative estimate of drug-likeness (QED) is 0.863. The Bertz CT molecular complexity index is 749. The summed E-state index contributed by atoms with van der Waals surface area (Å²) in [7, 11) is 1.48. The molecule has 0 atom stereocenters. The third-order valence-electron chi connectivity index (χ3n) is 2.76. The van der Waals surface area contributed by atoms with Crippen molar-refractivity contribution in [3.8, 4) is 11.8 Å². The van der Waals surface area contributed by atoms with Crippen LogP contribution < -0.4 is 16.0 Å². The molecule has 2 rings (SSSR count). The van der Waals surface area contributed by atoms with E-state index in [9.17, 15) is 4.79 Å². The molecule has 2 aromatic rings. The maximum Gasteiger partial charge on any atom is 0.278 e. The Balaban J connectivity index is 2.39. The van der Waals surface area contributed by atoms with Crippen LogP contribution in [0.15, 0.2) is 29.3 Å². The standard InChI is InChI=1S/C13H11ClN4O2/c1-20-10-4-8(2-3-9(10)5-15)6-18-7-17-12(14)11(16)13(18)19/h2-4,7H,6,16H2,1H3. The van der Waals surface area contributed by atoms with Crippen molar-refractivity contribution < 1.29 is 4.74 Å². The molecule has 0 saturated carbocycles. The van der Waals surface area contributed by atoms with E-state index in [2.05, 4.69) is 4.98 Å². The lowest BCUT2D eigenvalue weighted by atomic mass is 10.1. The second kappa shape index (κ2) is 5.63. The fraction of sp³-hybridized carbons (Fsp3) is 0.154. The highest BCUT2D eigenvalue weighted by molar-refractivity contribution is 6.31. The third kappa shape index (κ3) is 2.58. The lowest BCUT2D eigenvalue weighted by Gasteiger charge is -2.09. The minimum atomic E-state index is -0.409. The summed E-state index contributed by atoms with van der Waals surface area (Å²) in [6.45, 7) is 0.259. The molecule has 0 bridgehead atoms. The molecule has 0 saturated heterocycles. The molecule has 6 nitrogen and oxygen atoms in total. The second-order valence-electron chi connectivity index (χ2n) is 4.03. The van der Waals surface area contributed by atoms with Gasteiger partial charge in [-0.15, -0.1) is 0 Å². The topological polar surface area (TPSA) is 93.9 Å². The van der Waals surface area contributed by atoms with Gasteiger partial charge in [0.15, 0.2) is 5.15 Å². The van der Waals surface area contributed by atoms with Gasteiger partial charge >= 0.3 is 0 Å². The minimum absolute atomic E-state index is 0.0105. The van der Waals surface area contributed by atoms with E-state index in [1.807, 2.05) is 6.07 Å². The predicted octanol–water partition coefficient (Wildman–Crippen LogP) is 1.41. The Kier molecular flexibility index (Phi) is 3.91. The van der Waals surface area contributed by atoms with Gasteiger partial charge in [0.2, 0.25) is 0 Å². The number of nitrogens with two attached hydrogens (primary N) is 1. The zero-order valence-electron chi connectivity index (χ0n) is 10.6. The first-order valence-corrected chi connectivity index (χ1v) is 6.02. The molecule has 0 fully saturated rings. The largest absolute Gasteiger partial charge is 0.495 e. The van der Waals surface area contributed by atoms with Crippen molar-refractivity contribution in [1.82, 2.24) is 9.55 Å². The Hall–Kier alpha value is -2.52. The van der Waals surface area contributed by atoms with Crippen LogP contribution in [0.25, 0.3) is 0 Å². The molecule has 20 heavy (non-hydrogen) atoms. The van der Waals surface area contributed by atoms with Crippen molar-refractivity contribution in [3.63, 3.8) is 0 Å². The van der Waals surface area contributed by atoms with Crippen LogP contribution in [0.4, 0.5) is 5.69 Å². The van der Waals surface area contributed by atoms with Crippen molar-refractivity contribution in [3.05, 3.63) is 51.2 Å². The van der Waals surface area contributed by atoms with E-state index in [-0.39, 0.29) is 17.4 Å². The smallest absolute Gasteiger partial charge is 0.278 e. The molecule has 0 aliphatic heterocycles. The van der Waals surface area contributed by atoms with Gasteiger partial charge in [-0.2, -0.15) is 5.26 Å². The Morgan fingerprint density at radius 1 is 1.55 bits per heavy atom. The molecule has 0 aliphatic rings. The van der Waals surface area contributed by atoms with Gasteiger partial charge in [0.1, 0.15) is 17.5 Å². The summed E-state index contributed by atoms with van der Waals surface area (Å²) in [5.41, 5.74) is 6.26. The van der Waals surface area contributed by atoms with Gasteiger partial charge < -0.3 is 10.5 Å². The molecule has 2 N–H and O–H groups in total. The number of anilines is 1. The van der Waals surface area contributed by atoms with E-state index < -0.39 is 5.56 Å². The summed E-state index contributed by atoms with van der Waals surface area (Å²) >= 11 is 5.67. The Morgan fingerprint density at radius 3 is 2.95 bits per heavy atom. The second-order valence-corrected chi connectivity index (χ2v) is 4.39. The van der Waals surface area contributed by atoms with Crippen molar-refractivity contribution in [1.29, 1.82) is 5.26 Å². The number of hydrogen-bond donors (Lipinski definition) is 1. The molecular weight excluding hydrogens is 280 g/mol. The molecule has 1 heterocycles. The summed E-state index contributed by atoms with van der Waals surface area (Å²) in [4.78, 5) is 15.7. The first kappa shape index (κ1) is 13.9. The number of nitrogens with zero attached hydrogens (tertiary/aromatic N) is 3. The lowest BCUT2D eigenvalue weighted by Crippen LogP contribution is -2.24. The normalized spacial score (nSPS) is 10.1. The summed E-state index contributed by atoms with van der Waals surface area (Å²) < 4.78 is 6.45. The van der Waals surface area contributed by atoms with Gasteiger partial charge in [-0.1, -0.05) is 17.7 Å². The minimum Gasteiger partial charge on any atom is -0.495 e. The molecule has 0 spiro atoms. The van der Waals surface area contributed by atoms with E-state index in [0.29, 0.717) is 11.3 Å². The summed E-state index contributed by atoms with van der Waals surface area (Å²) in [5, 5.41) is 8.90. The number of ether oxygens (including phenoxy) is 1. The van der Waals surface area contributed by atoms with Gasteiger partial charge in [0.25, 0.3) is 5.56 Å². The highest BCUT2D eigenvalue weighted by Gasteiger charge is 2.08. The summed E-state index contributed by atoms with van der Waals surface area (Å²) in [6, 6.07) is 7.08. The van der Waals surface area contributed by atoms with E-state index in [1.54, 1.807) is 18.2 Å². The van der Waals surface area contributed by atoms with Crippen LogP contribution in [-0.2, 0) is 6.54 Å². The fourth-order valence-corrected chi connectivity index (χ4v) is 1.85. The van der Waals surface area contributed by atoms with Gasteiger partial charge in [0.05, 0.1) is 25.5 Å². The molecule has 0 radical (unpaired) electrons. The fourth-order valence-electron chi connectivity index (χ4n) is 1.72. The van der Waals surface area contributed by atoms with Crippen molar-refractivity contribution in [2.45, 2.75) is 6.54 Å². The van der Waals surface area contributed by atoms with Crippen molar-refractivity contribution >= 4 is 17.3 Å². The van der Waals surface area contributed by atoms with E-state index in [1.165, 1.54) is 18.0 Å². The highest BCUT2D eigenvalue weighted by atomic mass is 35.5. The van der Waals surface area contributed by atoms with E-state index in [0.717, 1.165) is 5.56 Å². The van der Waals surface area contributed by atoms with Crippen LogP contribution in [0, 0.1) is 11.3 Å². The molecule has 1 aromatic carbocycles. The number of halogens is 1. The monoisotopic (exact) mass is 290 g/mol. The van der Waals surface area contributed by atoms with Gasteiger partial charge in [-0.3, -0.25) is 9.36 Å². The number of rotatable bonds is 3. The van der Waals surface area contributed by atoms with Crippen LogP contribution >= 0.6 is 11.6 Å². The SMILES string of the molecule is COc1cc(Cn2cnc(Cl)c(N)c2=O)ccc1C#N. The third-order valence-corrected chi connectivity index (χ3v) is 3.06. The zero-order valence-corrected chi connectivity index (χ0v) is 11.4. The molecule has 7 heteroatoms. The van der Waals surface area contributed by atoms with Crippen LogP contribution in [0.3, 0.4) is 0 Å². The molecule has 0 amide bonds. The number of nitriles is 1. The van der Waals surface area contributed by atoms with Crippen molar-refractivity contribution in [2.75, 3.05) is 12.8 Å². The van der Waals surface area contributed by atoms with Crippen molar-refractivity contribution in [2.24, 2.45) is 0 Å². The Morgan fingerprint density at radius 2 is 2.30 bits per heavy atom. The first-order valence-electron chi connectivity index (χ1n) is 5.64. The lowest BCUT2D eigenvalue weighted by molar-refractivity contribution is 0.412. The maximum atomic E-state index is 11.9. The van der Waals surface area contributed by atoms with E-state index in [4.69, 9.17) is 27.3 Å². The first-order chi connectivity index (χ1) is 9.56.